The van der Waals surface area contributed by atoms with Crippen LogP contribution in [-0.2, 0) is 7.05 Å². The summed E-state index contributed by atoms with van der Waals surface area (Å²) < 4.78 is 15.3. The van der Waals surface area contributed by atoms with Crippen LogP contribution >= 0.6 is 0 Å². The molecule has 0 aliphatic heterocycles. The zero-order valence-electron chi connectivity index (χ0n) is 11.9. The van der Waals surface area contributed by atoms with E-state index in [9.17, 15) is 4.39 Å². The van der Waals surface area contributed by atoms with Crippen LogP contribution in [0.25, 0.3) is 0 Å². The number of hydrogen-bond donors (Lipinski definition) is 1. The highest BCUT2D eigenvalue weighted by Crippen LogP contribution is 2.24. The smallest absolute Gasteiger partial charge is 0.126 e. The van der Waals surface area contributed by atoms with Crippen LogP contribution in [0.1, 0.15) is 35.5 Å². The number of halogens is 1. The van der Waals surface area contributed by atoms with E-state index >= 15 is 0 Å². The summed E-state index contributed by atoms with van der Waals surface area (Å²) in [4.78, 5) is 0. The summed E-state index contributed by atoms with van der Waals surface area (Å²) in [5.74, 6) is -0.166. The third-order valence-electron chi connectivity index (χ3n) is 3.26. The van der Waals surface area contributed by atoms with Gasteiger partial charge in [-0.1, -0.05) is 19.1 Å². The molecule has 4 heteroatoms. The first-order chi connectivity index (χ1) is 9.02. The van der Waals surface area contributed by atoms with Gasteiger partial charge in [-0.15, -0.1) is 0 Å². The first kappa shape index (κ1) is 13.7. The second-order valence-electron chi connectivity index (χ2n) is 4.83. The van der Waals surface area contributed by atoms with E-state index in [2.05, 4.69) is 23.4 Å². The van der Waals surface area contributed by atoms with E-state index in [1.807, 2.05) is 30.8 Å². The first-order valence-electron chi connectivity index (χ1n) is 6.53. The van der Waals surface area contributed by atoms with Crippen molar-refractivity contribution in [2.75, 3.05) is 6.54 Å². The van der Waals surface area contributed by atoms with Gasteiger partial charge in [0.05, 0.1) is 17.4 Å². The molecule has 19 heavy (non-hydrogen) atoms. The Hall–Kier alpha value is -1.68. The molecule has 0 spiro atoms. The molecule has 0 fully saturated rings. The average Bonchev–Trinajstić information content (AvgIpc) is 2.69. The van der Waals surface area contributed by atoms with E-state index < -0.39 is 0 Å². The summed E-state index contributed by atoms with van der Waals surface area (Å²) >= 11 is 0. The van der Waals surface area contributed by atoms with Crippen LogP contribution in [0.15, 0.2) is 24.3 Å². The molecule has 0 radical (unpaired) electrons. The van der Waals surface area contributed by atoms with Crippen LogP contribution in [0.2, 0.25) is 0 Å². The minimum atomic E-state index is -0.166. The maximum Gasteiger partial charge on any atom is 0.126 e. The van der Waals surface area contributed by atoms with Crippen molar-refractivity contribution in [1.29, 1.82) is 0 Å². The van der Waals surface area contributed by atoms with Crippen molar-refractivity contribution in [3.05, 3.63) is 52.6 Å². The Bertz CT molecular complexity index is 575. The minimum Gasteiger partial charge on any atom is -0.305 e. The molecule has 1 atom stereocenters. The second kappa shape index (κ2) is 5.53. The van der Waals surface area contributed by atoms with Crippen LogP contribution in [0.5, 0.6) is 0 Å². The molecule has 1 N–H and O–H groups in total. The van der Waals surface area contributed by atoms with Gasteiger partial charge in [-0.3, -0.25) is 4.68 Å². The minimum absolute atomic E-state index is 0.0375. The Balaban J connectivity index is 2.44. The van der Waals surface area contributed by atoms with Crippen LogP contribution in [0.3, 0.4) is 0 Å². The fourth-order valence-electron chi connectivity index (χ4n) is 2.35. The standard InChI is InChI=1S/C15H20FN3/c1-5-17-15(14-9-11(3)18-19(14)4)12-6-7-13(16)10(2)8-12/h6-9,15,17H,5H2,1-4H3. The molecule has 0 aliphatic carbocycles. The van der Waals surface area contributed by atoms with E-state index in [0.29, 0.717) is 5.56 Å². The number of nitrogens with zero attached hydrogens (tertiary/aromatic N) is 2. The molecule has 1 aromatic heterocycles. The lowest BCUT2D eigenvalue weighted by Gasteiger charge is -2.19. The largest absolute Gasteiger partial charge is 0.305 e. The first-order valence-corrected chi connectivity index (χ1v) is 6.53. The highest BCUT2D eigenvalue weighted by atomic mass is 19.1. The fourth-order valence-corrected chi connectivity index (χ4v) is 2.35. The summed E-state index contributed by atoms with van der Waals surface area (Å²) in [6.07, 6.45) is 0. The molecule has 1 heterocycles. The SMILES string of the molecule is CCNC(c1ccc(F)c(C)c1)c1cc(C)nn1C. The molecule has 1 unspecified atom stereocenters. The lowest BCUT2D eigenvalue weighted by atomic mass is 10.0. The Kier molecular flexibility index (Phi) is 4.00. The van der Waals surface area contributed by atoms with E-state index in [-0.39, 0.29) is 11.9 Å². The Labute approximate surface area is 113 Å². The second-order valence-corrected chi connectivity index (χ2v) is 4.83. The molecule has 1 aromatic carbocycles. The summed E-state index contributed by atoms with van der Waals surface area (Å²) in [6, 6.07) is 7.35. The third-order valence-corrected chi connectivity index (χ3v) is 3.26. The average molecular weight is 261 g/mol. The maximum absolute atomic E-state index is 13.4. The van der Waals surface area contributed by atoms with Gasteiger partial charge in [-0.25, -0.2) is 4.39 Å². The van der Waals surface area contributed by atoms with Gasteiger partial charge >= 0.3 is 0 Å². The van der Waals surface area contributed by atoms with Crippen molar-refractivity contribution in [3.8, 4) is 0 Å². The quantitative estimate of drug-likeness (QED) is 0.917. The molecule has 0 aliphatic rings. The van der Waals surface area contributed by atoms with Gasteiger partial charge in [0.2, 0.25) is 0 Å². The Morgan fingerprint density at radius 2 is 2.05 bits per heavy atom. The zero-order chi connectivity index (χ0) is 14.0. The summed E-state index contributed by atoms with van der Waals surface area (Å²) in [5.41, 5.74) is 3.80. The predicted molar refractivity (Wildman–Crippen MR) is 74.6 cm³/mol. The van der Waals surface area contributed by atoms with Gasteiger partial charge in [0.15, 0.2) is 0 Å². The van der Waals surface area contributed by atoms with E-state index in [0.717, 1.165) is 23.5 Å². The van der Waals surface area contributed by atoms with Crippen molar-refractivity contribution in [3.63, 3.8) is 0 Å². The number of aryl methyl sites for hydroxylation is 3. The summed E-state index contributed by atoms with van der Waals surface area (Å²) in [5, 5.41) is 7.82. The lowest BCUT2D eigenvalue weighted by molar-refractivity contribution is 0.568. The van der Waals surface area contributed by atoms with Crippen LogP contribution in [-0.4, -0.2) is 16.3 Å². The van der Waals surface area contributed by atoms with E-state index in [1.165, 1.54) is 6.07 Å². The molecule has 0 bridgehead atoms. The molecular weight excluding hydrogens is 241 g/mol. The molecule has 2 aromatic rings. The number of aromatic nitrogens is 2. The van der Waals surface area contributed by atoms with Crippen LogP contribution in [0.4, 0.5) is 4.39 Å². The van der Waals surface area contributed by atoms with Crippen molar-refractivity contribution in [2.45, 2.75) is 26.8 Å². The molecule has 0 saturated heterocycles. The molecule has 0 saturated carbocycles. The Morgan fingerprint density at radius 1 is 1.32 bits per heavy atom. The molecule has 0 amide bonds. The van der Waals surface area contributed by atoms with Crippen molar-refractivity contribution >= 4 is 0 Å². The molecule has 3 nitrogen and oxygen atoms in total. The highest BCUT2D eigenvalue weighted by molar-refractivity contribution is 5.32. The zero-order valence-corrected chi connectivity index (χ0v) is 11.9. The topological polar surface area (TPSA) is 29.9 Å². The Morgan fingerprint density at radius 3 is 2.58 bits per heavy atom. The summed E-state index contributed by atoms with van der Waals surface area (Å²) in [6.45, 7) is 6.66. The van der Waals surface area contributed by atoms with Gasteiger partial charge < -0.3 is 5.32 Å². The van der Waals surface area contributed by atoms with Crippen LogP contribution < -0.4 is 5.32 Å². The number of hydrogen-bond acceptors (Lipinski definition) is 2. The van der Waals surface area contributed by atoms with Crippen molar-refractivity contribution in [1.82, 2.24) is 15.1 Å². The molecule has 102 valence electrons. The van der Waals surface area contributed by atoms with E-state index in [1.54, 1.807) is 6.92 Å². The van der Waals surface area contributed by atoms with Gasteiger partial charge in [-0.05, 0) is 43.7 Å². The van der Waals surface area contributed by atoms with Gasteiger partial charge in [0.1, 0.15) is 5.82 Å². The monoisotopic (exact) mass is 261 g/mol. The molecular formula is C15H20FN3. The number of rotatable bonds is 4. The fraction of sp³-hybridized carbons (Fsp3) is 0.400. The lowest BCUT2D eigenvalue weighted by Crippen LogP contribution is -2.24. The maximum atomic E-state index is 13.4. The predicted octanol–water partition coefficient (Wildman–Crippen LogP) is 2.87. The number of benzene rings is 1. The van der Waals surface area contributed by atoms with Gasteiger partial charge in [0, 0.05) is 7.05 Å². The van der Waals surface area contributed by atoms with Crippen molar-refractivity contribution < 1.29 is 4.39 Å². The molecule has 2 rings (SSSR count). The highest BCUT2D eigenvalue weighted by Gasteiger charge is 2.18. The number of nitrogens with one attached hydrogen (secondary N) is 1. The van der Waals surface area contributed by atoms with Crippen LogP contribution in [0, 0.1) is 19.7 Å². The van der Waals surface area contributed by atoms with Crippen molar-refractivity contribution in [2.24, 2.45) is 7.05 Å². The van der Waals surface area contributed by atoms with Gasteiger partial charge in [-0.2, -0.15) is 5.10 Å². The third kappa shape index (κ3) is 2.84. The van der Waals surface area contributed by atoms with Gasteiger partial charge in [0.25, 0.3) is 0 Å². The van der Waals surface area contributed by atoms with E-state index in [4.69, 9.17) is 0 Å². The normalized spacial score (nSPS) is 12.7. The summed E-state index contributed by atoms with van der Waals surface area (Å²) in [7, 11) is 1.93.